The normalized spacial score (nSPS) is 20.6. The molecule has 0 saturated carbocycles. The van der Waals surface area contributed by atoms with Crippen LogP contribution in [0.2, 0.25) is 0 Å². The maximum atomic E-state index is 14.0. The Balaban J connectivity index is 1.38. The number of nitrogens with zero attached hydrogens (tertiary/aromatic N) is 6. The molecule has 40 heavy (non-hydrogen) atoms. The number of amides is 1. The van der Waals surface area contributed by atoms with E-state index in [1.165, 1.54) is 0 Å². The van der Waals surface area contributed by atoms with Gasteiger partial charge in [0, 0.05) is 49.3 Å². The number of carbonyl (C=O) groups excluding carboxylic acids is 1. The number of nitrogens with one attached hydrogen (secondary N) is 1. The van der Waals surface area contributed by atoms with E-state index in [-0.39, 0.29) is 29.3 Å². The van der Waals surface area contributed by atoms with Gasteiger partial charge in [-0.05, 0) is 37.5 Å². The number of benzene rings is 1. The van der Waals surface area contributed by atoms with E-state index in [4.69, 9.17) is 14.8 Å². The van der Waals surface area contributed by atoms with E-state index in [0.29, 0.717) is 43.0 Å². The van der Waals surface area contributed by atoms with Crippen molar-refractivity contribution in [1.29, 1.82) is 0 Å². The van der Waals surface area contributed by atoms with Crippen molar-refractivity contribution >= 4 is 54.8 Å². The lowest BCUT2D eigenvalue weighted by Crippen LogP contribution is -2.51. The zero-order valence-electron chi connectivity index (χ0n) is 22.2. The van der Waals surface area contributed by atoms with Crippen molar-refractivity contribution in [1.82, 2.24) is 19.5 Å². The number of morpholine rings is 1. The highest BCUT2D eigenvalue weighted by Gasteiger charge is 2.33. The number of aliphatic hydroxyl groups is 1. The van der Waals surface area contributed by atoms with Crippen LogP contribution in [0.4, 0.5) is 17.3 Å². The van der Waals surface area contributed by atoms with Crippen molar-refractivity contribution in [2.75, 3.05) is 66.7 Å². The lowest BCUT2D eigenvalue weighted by molar-refractivity contribution is 0.0606. The number of β-amino-alcohol motifs (C(OH)–C–C–N with tert-alkyl or cyclic N) is 1. The van der Waals surface area contributed by atoms with Gasteiger partial charge < -0.3 is 24.5 Å². The number of anilines is 3. The summed E-state index contributed by atoms with van der Waals surface area (Å²) in [7, 11) is -3.58. The second-order valence-electron chi connectivity index (χ2n) is 10.5. The molecule has 14 heteroatoms. The smallest absolute Gasteiger partial charge is 0.256 e. The van der Waals surface area contributed by atoms with E-state index in [1.807, 2.05) is 21.5 Å². The predicted octanol–water partition coefficient (Wildman–Crippen LogP) is 2.25. The molecule has 0 unspecified atom stereocenters. The second-order valence-corrected chi connectivity index (χ2v) is 13.2. The number of sulfonamides is 1. The molecule has 3 aliphatic rings. The van der Waals surface area contributed by atoms with Crippen LogP contribution >= 0.6 is 15.9 Å². The van der Waals surface area contributed by atoms with Crippen LogP contribution in [0.3, 0.4) is 0 Å². The average molecular weight is 635 g/mol. The van der Waals surface area contributed by atoms with E-state index in [9.17, 15) is 18.3 Å². The van der Waals surface area contributed by atoms with Crippen LogP contribution < -0.4 is 14.5 Å². The highest BCUT2D eigenvalue weighted by Crippen LogP contribution is 2.35. The molecule has 2 aromatic heterocycles. The first-order chi connectivity index (χ1) is 19.2. The summed E-state index contributed by atoms with van der Waals surface area (Å²) in [6.07, 6.45) is 3.23. The molecule has 1 amide bonds. The number of fused-ring (bicyclic) bond motifs is 1. The summed E-state index contributed by atoms with van der Waals surface area (Å²) < 4.78 is 34.6. The Labute approximate surface area is 241 Å². The Bertz CT molecular complexity index is 1540. The molecule has 1 atom stereocenters. The van der Waals surface area contributed by atoms with Gasteiger partial charge >= 0.3 is 0 Å². The van der Waals surface area contributed by atoms with Gasteiger partial charge in [-0.1, -0.05) is 15.9 Å². The average Bonchev–Trinajstić information content (AvgIpc) is 3.35. The van der Waals surface area contributed by atoms with Gasteiger partial charge in [0.15, 0.2) is 5.65 Å². The van der Waals surface area contributed by atoms with Crippen LogP contribution in [-0.4, -0.2) is 97.2 Å². The largest absolute Gasteiger partial charge is 0.389 e. The van der Waals surface area contributed by atoms with Gasteiger partial charge in [-0.15, -0.1) is 0 Å². The van der Waals surface area contributed by atoms with E-state index in [2.05, 4.69) is 25.6 Å². The summed E-state index contributed by atoms with van der Waals surface area (Å²) in [4.78, 5) is 24.9. The minimum Gasteiger partial charge on any atom is -0.389 e. The fraction of sp³-hybridized carbons (Fsp3) is 0.500. The first kappa shape index (κ1) is 27.2. The highest BCUT2D eigenvalue weighted by molar-refractivity contribution is 9.10. The molecular weight excluding hydrogens is 602 g/mol. The molecule has 0 bridgehead atoms. The van der Waals surface area contributed by atoms with Gasteiger partial charge in [0.25, 0.3) is 5.91 Å². The van der Waals surface area contributed by atoms with Crippen LogP contribution in [0.15, 0.2) is 34.8 Å². The van der Waals surface area contributed by atoms with Crippen LogP contribution in [0, 0.1) is 0 Å². The number of piperidine rings is 1. The van der Waals surface area contributed by atoms with Crippen molar-refractivity contribution in [3.8, 4) is 0 Å². The van der Waals surface area contributed by atoms with Crippen molar-refractivity contribution in [2.24, 2.45) is 0 Å². The molecular formula is C26H32BrN7O5S. The highest BCUT2D eigenvalue weighted by atomic mass is 79.9. The van der Waals surface area contributed by atoms with Gasteiger partial charge in [0.2, 0.25) is 10.0 Å². The van der Waals surface area contributed by atoms with Gasteiger partial charge in [-0.2, -0.15) is 9.61 Å². The summed E-state index contributed by atoms with van der Waals surface area (Å²) in [5.74, 6) is 1.43. The van der Waals surface area contributed by atoms with Crippen LogP contribution in [0.25, 0.3) is 5.65 Å². The number of aromatic nitrogens is 3. The van der Waals surface area contributed by atoms with Crippen molar-refractivity contribution in [3.05, 3.63) is 46.1 Å². The van der Waals surface area contributed by atoms with Gasteiger partial charge in [0.1, 0.15) is 11.6 Å². The molecule has 214 valence electrons. The summed E-state index contributed by atoms with van der Waals surface area (Å²) >= 11 is 3.42. The standard InChI is InChI=1S/C26H32BrN7O5S/c1-40(37,38)30-20-6-5-17(27)12-19(20)26(36)33-7-3-2-4-22(33)21-13-24-28-23(32-15-18(35)16-32)14-25(34(24)29-21)31-8-10-39-11-9-31/h5-6,12-14,18,22,30,35H,2-4,7-11,15-16H2,1H3/t22-/m0/s1. The summed E-state index contributed by atoms with van der Waals surface area (Å²) in [6, 6.07) is 8.60. The van der Waals surface area contributed by atoms with E-state index in [1.54, 1.807) is 23.1 Å². The molecule has 3 saturated heterocycles. The van der Waals surface area contributed by atoms with Crippen molar-refractivity contribution < 1.29 is 23.1 Å². The third kappa shape index (κ3) is 5.49. The first-order valence-corrected chi connectivity index (χ1v) is 16.1. The lowest BCUT2D eigenvalue weighted by atomic mass is 9.98. The Morgan fingerprint density at radius 3 is 2.60 bits per heavy atom. The number of halogens is 1. The van der Waals surface area contributed by atoms with E-state index < -0.39 is 10.0 Å². The summed E-state index contributed by atoms with van der Waals surface area (Å²) in [6.45, 7) is 4.30. The number of rotatable bonds is 6. The number of hydrogen-bond acceptors (Lipinski definition) is 9. The lowest BCUT2D eigenvalue weighted by Gasteiger charge is -2.37. The topological polar surface area (TPSA) is 133 Å². The number of hydrogen-bond donors (Lipinski definition) is 2. The minimum absolute atomic E-state index is 0.243. The van der Waals surface area contributed by atoms with Crippen LogP contribution in [0.5, 0.6) is 0 Å². The number of likely N-dealkylation sites (tertiary alicyclic amines) is 1. The Kier molecular flexibility index (Phi) is 7.36. The molecule has 3 aromatic rings. The summed E-state index contributed by atoms with van der Waals surface area (Å²) in [5, 5.41) is 14.9. The van der Waals surface area contributed by atoms with E-state index >= 15 is 0 Å². The SMILES string of the molecule is CS(=O)(=O)Nc1ccc(Br)cc1C(=O)N1CCCC[C@H]1c1cc2nc(N3CC(O)C3)cc(N3CCOCC3)n2n1. The molecule has 0 aliphatic carbocycles. The maximum absolute atomic E-state index is 14.0. The fourth-order valence-corrected chi connectivity index (χ4v) is 6.51. The maximum Gasteiger partial charge on any atom is 0.256 e. The fourth-order valence-electron chi connectivity index (χ4n) is 5.57. The zero-order valence-corrected chi connectivity index (χ0v) is 24.6. The van der Waals surface area contributed by atoms with Crippen LogP contribution in [-0.2, 0) is 14.8 Å². The Morgan fingerprint density at radius 2 is 1.88 bits per heavy atom. The second kappa shape index (κ2) is 10.8. The summed E-state index contributed by atoms with van der Waals surface area (Å²) in [5.41, 5.74) is 1.94. The molecule has 3 fully saturated rings. The quantitative estimate of drug-likeness (QED) is 0.419. The monoisotopic (exact) mass is 633 g/mol. The molecule has 3 aliphatic heterocycles. The Morgan fingerprint density at radius 1 is 1.10 bits per heavy atom. The molecule has 2 N–H and O–H groups in total. The number of ether oxygens (including phenoxy) is 1. The van der Waals surface area contributed by atoms with E-state index in [0.717, 1.165) is 55.9 Å². The third-order valence-corrected chi connectivity index (χ3v) is 8.63. The molecule has 6 rings (SSSR count). The van der Waals surface area contributed by atoms with Gasteiger partial charge in [-0.3, -0.25) is 9.52 Å². The molecule has 1 aromatic carbocycles. The van der Waals surface area contributed by atoms with Crippen molar-refractivity contribution in [2.45, 2.75) is 31.4 Å². The van der Waals surface area contributed by atoms with Gasteiger partial charge in [-0.25, -0.2) is 13.4 Å². The number of carbonyl (C=O) groups is 1. The third-order valence-electron chi connectivity index (χ3n) is 7.55. The molecule has 5 heterocycles. The first-order valence-electron chi connectivity index (χ1n) is 13.4. The zero-order chi connectivity index (χ0) is 28.0. The van der Waals surface area contributed by atoms with Crippen LogP contribution in [0.1, 0.15) is 41.4 Å². The van der Waals surface area contributed by atoms with Crippen molar-refractivity contribution in [3.63, 3.8) is 0 Å². The molecule has 0 spiro atoms. The minimum atomic E-state index is -3.58. The Hall–Kier alpha value is -2.94. The number of aliphatic hydroxyl groups excluding tert-OH is 1. The van der Waals surface area contributed by atoms with Gasteiger partial charge in [0.05, 0.1) is 48.6 Å². The molecule has 12 nitrogen and oxygen atoms in total. The predicted molar refractivity (Wildman–Crippen MR) is 154 cm³/mol. The molecule has 0 radical (unpaired) electrons.